The monoisotopic (exact) mass is 448 g/mol. The van der Waals surface area contributed by atoms with Gasteiger partial charge in [-0.1, -0.05) is 46.8 Å². The number of aromatic nitrogens is 1. The summed E-state index contributed by atoms with van der Waals surface area (Å²) in [6.07, 6.45) is 1.56. The zero-order chi connectivity index (χ0) is 24.4. The second kappa shape index (κ2) is 9.24. The van der Waals surface area contributed by atoms with Crippen molar-refractivity contribution >= 4 is 28.5 Å². The Kier molecular flexibility index (Phi) is 6.80. The smallest absolute Gasteiger partial charge is 0.206 e. The minimum absolute atomic E-state index is 0.0308. The number of rotatable bonds is 8. The summed E-state index contributed by atoms with van der Waals surface area (Å²) in [6, 6.07) is 11.3. The summed E-state index contributed by atoms with van der Waals surface area (Å²) < 4.78 is 12.0. The maximum absolute atomic E-state index is 12.2. The molecule has 0 aliphatic rings. The number of benzene rings is 2. The lowest BCUT2D eigenvalue weighted by molar-refractivity contribution is -0.128. The zero-order valence-electron chi connectivity index (χ0n) is 20.2. The molecule has 174 valence electrons. The molecule has 0 radical (unpaired) electrons. The molecular weight excluding hydrogens is 416 g/mol. The quantitative estimate of drug-likeness (QED) is 0.466. The number of hydrogen-bond acceptors (Lipinski definition) is 6. The number of ether oxygens (including phenoxy) is 1. The number of carbonyl (C=O) groups excluding carboxylic acids is 2. The van der Waals surface area contributed by atoms with Crippen LogP contribution in [0.5, 0.6) is 5.75 Å². The van der Waals surface area contributed by atoms with Crippen LogP contribution >= 0.6 is 0 Å². The molecule has 0 bridgehead atoms. The highest BCUT2D eigenvalue weighted by Crippen LogP contribution is 2.41. The molecule has 1 aromatic heterocycles. The molecule has 3 rings (SSSR count). The van der Waals surface area contributed by atoms with Crippen LogP contribution in [0, 0.1) is 12.3 Å². The first-order chi connectivity index (χ1) is 15.6. The van der Waals surface area contributed by atoms with E-state index in [0.29, 0.717) is 28.3 Å². The van der Waals surface area contributed by atoms with Crippen LogP contribution < -0.4 is 10.5 Å². The van der Waals surface area contributed by atoms with Crippen molar-refractivity contribution in [3.63, 3.8) is 0 Å². The van der Waals surface area contributed by atoms with Crippen molar-refractivity contribution in [2.24, 2.45) is 11.1 Å². The van der Waals surface area contributed by atoms with E-state index in [-0.39, 0.29) is 18.1 Å². The van der Waals surface area contributed by atoms with Crippen LogP contribution in [0.25, 0.3) is 16.8 Å². The Morgan fingerprint density at radius 2 is 1.82 bits per heavy atom. The van der Waals surface area contributed by atoms with E-state index in [1.54, 1.807) is 24.1 Å². The maximum Gasteiger partial charge on any atom is 0.206 e. The van der Waals surface area contributed by atoms with Gasteiger partial charge in [0.15, 0.2) is 17.3 Å². The third kappa shape index (κ3) is 4.71. The van der Waals surface area contributed by atoms with Crippen LogP contribution in [0.2, 0.25) is 0 Å². The molecule has 0 fully saturated rings. The standard InChI is InChI=1S/C27H32N2O4/c1-7-27(8-2,25-29-21-11-9-18(20(28)15-30)14-23(21)33-25)19-10-12-22(17(3)13-19)32-16-24(31)26(4,5)6/h9-14H,7-8,16,28H2,1-6H3. The number of fused-ring (bicyclic) bond motifs is 1. The second-order valence-electron chi connectivity index (χ2n) is 9.45. The van der Waals surface area contributed by atoms with Gasteiger partial charge < -0.3 is 14.9 Å². The number of aryl methyl sites for hydroxylation is 1. The van der Waals surface area contributed by atoms with Gasteiger partial charge in [0.2, 0.25) is 5.89 Å². The number of Topliss-reactive ketones (excluding diaryl/α,β-unsaturated/α-hetero) is 1. The predicted molar refractivity (Wildman–Crippen MR) is 130 cm³/mol. The van der Waals surface area contributed by atoms with Gasteiger partial charge in [-0.3, -0.25) is 4.79 Å². The van der Waals surface area contributed by atoms with Crippen molar-refractivity contribution in [2.75, 3.05) is 6.61 Å². The van der Waals surface area contributed by atoms with Crippen LogP contribution in [0.15, 0.2) is 40.8 Å². The Morgan fingerprint density at radius 1 is 1.12 bits per heavy atom. The minimum atomic E-state index is -0.438. The molecule has 0 amide bonds. The van der Waals surface area contributed by atoms with E-state index in [1.165, 1.54) is 0 Å². The van der Waals surface area contributed by atoms with Gasteiger partial charge in [-0.25, -0.2) is 9.78 Å². The third-order valence-corrected chi connectivity index (χ3v) is 6.35. The van der Waals surface area contributed by atoms with E-state index in [0.717, 1.165) is 24.0 Å². The Morgan fingerprint density at radius 3 is 2.39 bits per heavy atom. The first-order valence-corrected chi connectivity index (χ1v) is 11.2. The Balaban J connectivity index is 1.98. The van der Waals surface area contributed by atoms with Crippen molar-refractivity contribution in [3.05, 3.63) is 59.0 Å². The number of carbonyl (C=O) groups is 1. The molecule has 0 aliphatic carbocycles. The zero-order valence-corrected chi connectivity index (χ0v) is 20.2. The number of oxazole rings is 1. The summed E-state index contributed by atoms with van der Waals surface area (Å²) in [7, 11) is 0. The molecule has 1 heterocycles. The SMILES string of the molecule is CCC(CC)(c1ccc(OCC(=O)C(C)(C)C)c(C)c1)c1nc2ccc(C(N)=C=O)cc2o1. The second-order valence-corrected chi connectivity index (χ2v) is 9.45. The lowest BCUT2D eigenvalue weighted by Gasteiger charge is -2.29. The molecule has 0 atom stereocenters. The highest BCUT2D eigenvalue weighted by molar-refractivity contribution is 5.88. The van der Waals surface area contributed by atoms with Crippen LogP contribution in [0.3, 0.4) is 0 Å². The Labute approximate surface area is 194 Å². The Hall–Kier alpha value is -3.37. The summed E-state index contributed by atoms with van der Waals surface area (Å²) in [5.41, 5.74) is 8.72. The highest BCUT2D eigenvalue weighted by atomic mass is 16.5. The topological polar surface area (TPSA) is 95.4 Å². The van der Waals surface area contributed by atoms with Crippen LogP contribution in [-0.2, 0) is 15.0 Å². The van der Waals surface area contributed by atoms with Gasteiger partial charge in [0.1, 0.15) is 23.6 Å². The largest absolute Gasteiger partial charge is 0.486 e. The first-order valence-electron chi connectivity index (χ1n) is 11.2. The lowest BCUT2D eigenvalue weighted by atomic mass is 9.75. The van der Waals surface area contributed by atoms with E-state index >= 15 is 0 Å². The number of ketones is 1. The number of nitrogens with two attached hydrogens (primary N) is 1. The molecule has 0 unspecified atom stereocenters. The van der Waals surface area contributed by atoms with Crippen molar-refractivity contribution in [2.45, 2.75) is 59.8 Å². The molecular formula is C27H32N2O4. The van der Waals surface area contributed by atoms with Gasteiger partial charge in [0.25, 0.3) is 0 Å². The van der Waals surface area contributed by atoms with Crippen LogP contribution in [-0.4, -0.2) is 23.3 Å². The third-order valence-electron chi connectivity index (χ3n) is 6.35. The summed E-state index contributed by atoms with van der Waals surface area (Å²) >= 11 is 0. The van der Waals surface area contributed by atoms with Gasteiger partial charge in [-0.05, 0) is 55.2 Å². The number of hydrogen-bond donors (Lipinski definition) is 1. The summed E-state index contributed by atoms with van der Waals surface area (Å²) in [4.78, 5) is 27.9. The molecule has 33 heavy (non-hydrogen) atoms. The van der Waals surface area contributed by atoms with E-state index < -0.39 is 10.8 Å². The fourth-order valence-corrected chi connectivity index (χ4v) is 3.91. The van der Waals surface area contributed by atoms with Crippen molar-refractivity contribution in [1.29, 1.82) is 0 Å². The molecule has 0 saturated heterocycles. The van der Waals surface area contributed by atoms with Crippen molar-refractivity contribution < 1.29 is 18.7 Å². The van der Waals surface area contributed by atoms with Gasteiger partial charge >= 0.3 is 0 Å². The summed E-state index contributed by atoms with van der Waals surface area (Å²) in [6.45, 7) is 11.9. The molecule has 0 saturated carbocycles. The van der Waals surface area contributed by atoms with Gasteiger partial charge in [-0.2, -0.15) is 0 Å². The first kappa shape index (κ1) is 24.3. The minimum Gasteiger partial charge on any atom is -0.486 e. The summed E-state index contributed by atoms with van der Waals surface area (Å²) in [5.74, 6) is 3.08. The average Bonchev–Trinajstić information content (AvgIpc) is 3.22. The predicted octanol–water partition coefficient (Wildman–Crippen LogP) is 5.37. The van der Waals surface area contributed by atoms with Crippen LogP contribution in [0.1, 0.15) is 70.0 Å². The van der Waals surface area contributed by atoms with Crippen molar-refractivity contribution in [1.82, 2.24) is 4.98 Å². The van der Waals surface area contributed by atoms with Crippen LogP contribution in [0.4, 0.5) is 0 Å². The van der Waals surface area contributed by atoms with E-state index in [1.807, 2.05) is 39.8 Å². The summed E-state index contributed by atoms with van der Waals surface area (Å²) in [5, 5.41) is 0. The fourth-order valence-electron chi connectivity index (χ4n) is 3.91. The average molecular weight is 449 g/mol. The maximum atomic E-state index is 12.2. The van der Waals surface area contributed by atoms with Gasteiger partial charge in [0, 0.05) is 11.0 Å². The van der Waals surface area contributed by atoms with E-state index in [4.69, 9.17) is 19.9 Å². The molecule has 6 heteroatoms. The molecule has 2 aromatic carbocycles. The molecule has 2 N–H and O–H groups in total. The Bertz CT molecular complexity index is 1220. The van der Waals surface area contributed by atoms with Gasteiger partial charge in [-0.15, -0.1) is 0 Å². The van der Waals surface area contributed by atoms with Gasteiger partial charge in [0.05, 0.1) is 5.41 Å². The van der Waals surface area contributed by atoms with E-state index in [2.05, 4.69) is 19.9 Å². The normalized spacial score (nSPS) is 11.9. The lowest BCUT2D eigenvalue weighted by Crippen LogP contribution is -2.27. The van der Waals surface area contributed by atoms with E-state index in [9.17, 15) is 9.59 Å². The molecule has 3 aromatic rings. The molecule has 0 spiro atoms. The molecule has 6 nitrogen and oxygen atoms in total. The van der Waals surface area contributed by atoms with Crippen molar-refractivity contribution in [3.8, 4) is 5.75 Å². The number of nitrogens with zero attached hydrogens (tertiary/aromatic N) is 1. The highest BCUT2D eigenvalue weighted by Gasteiger charge is 2.36. The fraction of sp³-hybridized carbons (Fsp3) is 0.407. The molecule has 0 aliphatic heterocycles.